The van der Waals surface area contributed by atoms with Gasteiger partial charge >= 0.3 is 0 Å². The highest BCUT2D eigenvalue weighted by Gasteiger charge is 2.49. The molecule has 2 aromatic heterocycles. The molecule has 7 nitrogen and oxygen atoms in total. The van der Waals surface area contributed by atoms with Crippen molar-refractivity contribution >= 4 is 28.5 Å². The standard InChI is InChI=1S/C21H22ClN5O2/c22-20-24-18(26-11-21(12-26)8-7-13-3-1-2-4-16(13)21)15-9-23-27(19(15)25-20)17-6-5-14(10-28)29-17/h1-4,9,14,17,28H,5-8,10-12H2. The van der Waals surface area contributed by atoms with Crippen molar-refractivity contribution in [2.24, 2.45) is 0 Å². The number of halogens is 1. The van der Waals surface area contributed by atoms with E-state index in [0.717, 1.165) is 43.6 Å². The Hall–Kier alpha value is -2.22. The summed E-state index contributed by atoms with van der Waals surface area (Å²) in [6.07, 6.45) is 5.37. The fraction of sp³-hybridized carbons (Fsp3) is 0.476. The molecule has 0 amide bonds. The molecule has 2 unspecified atom stereocenters. The van der Waals surface area contributed by atoms with E-state index < -0.39 is 0 Å². The van der Waals surface area contributed by atoms with E-state index >= 15 is 0 Å². The van der Waals surface area contributed by atoms with Crippen molar-refractivity contribution < 1.29 is 9.84 Å². The minimum Gasteiger partial charge on any atom is -0.394 e. The predicted octanol–water partition coefficient (Wildman–Crippen LogP) is 2.85. The Labute approximate surface area is 173 Å². The third-order valence-electron chi connectivity index (χ3n) is 6.72. The van der Waals surface area contributed by atoms with Gasteiger partial charge in [0, 0.05) is 18.5 Å². The predicted molar refractivity (Wildman–Crippen MR) is 109 cm³/mol. The molecule has 4 heterocycles. The van der Waals surface area contributed by atoms with Gasteiger partial charge in [0.05, 0.1) is 24.3 Å². The number of nitrogens with zero attached hydrogens (tertiary/aromatic N) is 5. The van der Waals surface area contributed by atoms with E-state index in [1.165, 1.54) is 17.5 Å². The van der Waals surface area contributed by atoms with Gasteiger partial charge in [-0.1, -0.05) is 24.3 Å². The van der Waals surface area contributed by atoms with Crippen molar-refractivity contribution in [2.45, 2.75) is 43.4 Å². The molecule has 2 saturated heterocycles. The lowest BCUT2D eigenvalue weighted by Crippen LogP contribution is -2.58. The molecule has 0 radical (unpaired) electrons. The number of rotatable bonds is 3. The number of aryl methyl sites for hydroxylation is 1. The largest absolute Gasteiger partial charge is 0.394 e. The molecule has 2 fully saturated rings. The van der Waals surface area contributed by atoms with E-state index in [1.54, 1.807) is 4.68 Å². The molecule has 29 heavy (non-hydrogen) atoms. The summed E-state index contributed by atoms with van der Waals surface area (Å²) in [4.78, 5) is 11.3. The monoisotopic (exact) mass is 411 g/mol. The Morgan fingerprint density at radius 2 is 2.07 bits per heavy atom. The van der Waals surface area contributed by atoms with Crippen molar-refractivity contribution in [2.75, 3.05) is 24.6 Å². The molecule has 1 N–H and O–H groups in total. The van der Waals surface area contributed by atoms with Crippen LogP contribution in [-0.4, -0.2) is 50.7 Å². The number of benzene rings is 1. The van der Waals surface area contributed by atoms with Gasteiger partial charge in [-0.15, -0.1) is 0 Å². The second kappa shape index (κ2) is 6.39. The highest BCUT2D eigenvalue weighted by Crippen LogP contribution is 2.47. The van der Waals surface area contributed by atoms with Crippen LogP contribution in [0.15, 0.2) is 30.5 Å². The summed E-state index contributed by atoms with van der Waals surface area (Å²) < 4.78 is 7.67. The van der Waals surface area contributed by atoms with Crippen LogP contribution < -0.4 is 4.90 Å². The molecule has 3 aliphatic rings. The molecule has 1 aliphatic carbocycles. The average Bonchev–Trinajstić information content (AvgIpc) is 3.42. The van der Waals surface area contributed by atoms with Crippen LogP contribution in [-0.2, 0) is 16.6 Å². The first-order valence-corrected chi connectivity index (χ1v) is 10.6. The number of aromatic nitrogens is 4. The molecule has 0 saturated carbocycles. The topological polar surface area (TPSA) is 76.3 Å². The van der Waals surface area contributed by atoms with E-state index in [2.05, 4.69) is 44.2 Å². The Morgan fingerprint density at radius 1 is 1.21 bits per heavy atom. The zero-order valence-corrected chi connectivity index (χ0v) is 16.7. The van der Waals surface area contributed by atoms with Gasteiger partial charge in [0.15, 0.2) is 11.9 Å². The van der Waals surface area contributed by atoms with E-state index in [4.69, 9.17) is 16.3 Å². The van der Waals surface area contributed by atoms with Gasteiger partial charge in [0.2, 0.25) is 5.28 Å². The molecular weight excluding hydrogens is 390 g/mol. The third-order valence-corrected chi connectivity index (χ3v) is 6.89. The highest BCUT2D eigenvalue weighted by molar-refractivity contribution is 6.28. The van der Waals surface area contributed by atoms with Gasteiger partial charge in [-0.2, -0.15) is 15.1 Å². The Balaban J connectivity index is 1.33. The average molecular weight is 412 g/mol. The first kappa shape index (κ1) is 17.6. The van der Waals surface area contributed by atoms with E-state index in [0.29, 0.717) is 5.65 Å². The first-order valence-electron chi connectivity index (χ1n) is 10.2. The van der Waals surface area contributed by atoms with Gasteiger partial charge in [0.1, 0.15) is 5.82 Å². The maximum atomic E-state index is 9.36. The maximum Gasteiger partial charge on any atom is 0.226 e. The fourth-order valence-electron chi connectivity index (χ4n) is 5.26. The van der Waals surface area contributed by atoms with Crippen molar-refractivity contribution in [3.8, 4) is 0 Å². The summed E-state index contributed by atoms with van der Waals surface area (Å²) in [5.74, 6) is 0.845. The van der Waals surface area contributed by atoms with Crippen molar-refractivity contribution in [1.29, 1.82) is 0 Å². The number of hydrogen-bond donors (Lipinski definition) is 1. The van der Waals surface area contributed by atoms with Crippen molar-refractivity contribution in [3.63, 3.8) is 0 Å². The SMILES string of the molecule is OCC1CCC(n2ncc3c(N4CC5(CCc6ccccc65)C4)nc(Cl)nc32)O1. The Kier molecular flexibility index (Phi) is 3.88. The van der Waals surface area contributed by atoms with E-state index in [1.807, 2.05) is 6.20 Å². The fourth-order valence-corrected chi connectivity index (χ4v) is 5.42. The van der Waals surface area contributed by atoms with Crippen LogP contribution in [0, 0.1) is 0 Å². The molecule has 6 rings (SSSR count). The third kappa shape index (κ3) is 2.61. The summed E-state index contributed by atoms with van der Waals surface area (Å²) in [7, 11) is 0. The van der Waals surface area contributed by atoms with Crippen LogP contribution in [0.25, 0.3) is 11.0 Å². The van der Waals surface area contributed by atoms with E-state index in [-0.39, 0.29) is 29.6 Å². The molecule has 2 aliphatic heterocycles. The summed E-state index contributed by atoms with van der Waals surface area (Å²) in [6, 6.07) is 8.79. The lowest BCUT2D eigenvalue weighted by atomic mass is 9.75. The lowest BCUT2D eigenvalue weighted by Gasteiger charge is -2.49. The molecule has 1 aromatic carbocycles. The van der Waals surface area contributed by atoms with Gasteiger partial charge in [-0.3, -0.25) is 0 Å². The number of ether oxygens (including phenoxy) is 1. The number of hydrogen-bond acceptors (Lipinski definition) is 6. The number of aliphatic hydroxyl groups is 1. The molecule has 1 spiro atoms. The number of anilines is 1. The molecule has 8 heteroatoms. The first-order chi connectivity index (χ1) is 14.2. The molecular formula is C21H22ClN5O2. The van der Waals surface area contributed by atoms with Crippen LogP contribution in [0.3, 0.4) is 0 Å². The van der Waals surface area contributed by atoms with Crippen LogP contribution in [0.1, 0.15) is 36.6 Å². The minimum absolute atomic E-state index is 0.0219. The molecule has 2 atom stereocenters. The minimum atomic E-state index is -0.229. The smallest absolute Gasteiger partial charge is 0.226 e. The maximum absolute atomic E-state index is 9.36. The van der Waals surface area contributed by atoms with Crippen molar-refractivity contribution in [3.05, 3.63) is 46.9 Å². The Morgan fingerprint density at radius 3 is 2.90 bits per heavy atom. The molecule has 3 aromatic rings. The lowest BCUT2D eigenvalue weighted by molar-refractivity contribution is -0.0262. The quantitative estimate of drug-likeness (QED) is 0.668. The zero-order valence-electron chi connectivity index (χ0n) is 16.0. The number of fused-ring (bicyclic) bond motifs is 3. The summed E-state index contributed by atoms with van der Waals surface area (Å²) in [5.41, 5.74) is 3.87. The van der Waals surface area contributed by atoms with Crippen molar-refractivity contribution in [1.82, 2.24) is 19.7 Å². The van der Waals surface area contributed by atoms with E-state index in [9.17, 15) is 5.11 Å². The normalized spacial score (nSPS) is 25.0. The van der Waals surface area contributed by atoms with Crippen LogP contribution in [0.2, 0.25) is 5.28 Å². The highest BCUT2D eigenvalue weighted by atomic mass is 35.5. The number of aliphatic hydroxyl groups excluding tert-OH is 1. The molecule has 150 valence electrons. The summed E-state index contributed by atoms with van der Waals surface area (Å²) in [5, 5.41) is 15.0. The summed E-state index contributed by atoms with van der Waals surface area (Å²) in [6.45, 7) is 1.89. The second-order valence-electron chi connectivity index (χ2n) is 8.41. The zero-order chi connectivity index (χ0) is 19.6. The van der Waals surface area contributed by atoms with Gasteiger partial charge in [-0.25, -0.2) is 4.68 Å². The van der Waals surface area contributed by atoms with Crippen LogP contribution in [0.5, 0.6) is 0 Å². The summed E-state index contributed by atoms with van der Waals surface area (Å²) >= 11 is 6.30. The Bertz CT molecular complexity index is 1090. The van der Waals surface area contributed by atoms with Crippen LogP contribution in [0.4, 0.5) is 5.82 Å². The van der Waals surface area contributed by atoms with Gasteiger partial charge in [-0.05, 0) is 48.4 Å². The van der Waals surface area contributed by atoms with Crippen LogP contribution >= 0.6 is 11.6 Å². The van der Waals surface area contributed by atoms with Gasteiger partial charge in [0.25, 0.3) is 0 Å². The molecule has 0 bridgehead atoms. The van der Waals surface area contributed by atoms with Gasteiger partial charge < -0.3 is 14.7 Å². The second-order valence-corrected chi connectivity index (χ2v) is 8.75.